The first kappa shape index (κ1) is 11.5. The van der Waals surface area contributed by atoms with E-state index in [1.54, 1.807) is 0 Å². The van der Waals surface area contributed by atoms with E-state index in [4.69, 9.17) is 0 Å². The summed E-state index contributed by atoms with van der Waals surface area (Å²) in [7, 11) is 0. The van der Waals surface area contributed by atoms with Crippen LogP contribution in [0.5, 0.6) is 0 Å². The van der Waals surface area contributed by atoms with Gasteiger partial charge in [-0.05, 0) is 18.1 Å². The minimum absolute atomic E-state index is 0.00122. The van der Waals surface area contributed by atoms with Crippen LogP contribution in [-0.4, -0.2) is 14.8 Å². The Labute approximate surface area is 106 Å². The van der Waals surface area contributed by atoms with Gasteiger partial charge in [0, 0.05) is 35.5 Å². The maximum absolute atomic E-state index is 9.54. The Morgan fingerprint density at radius 1 is 1.06 bits per heavy atom. The second kappa shape index (κ2) is 4.26. The van der Waals surface area contributed by atoms with E-state index in [0.29, 0.717) is 0 Å². The van der Waals surface area contributed by atoms with Crippen molar-refractivity contribution in [1.82, 2.24) is 4.57 Å². The zero-order valence-corrected chi connectivity index (χ0v) is 10.5. The molecule has 1 aromatic carbocycles. The van der Waals surface area contributed by atoms with E-state index in [0.717, 1.165) is 35.5 Å². The molecule has 0 unspecified atom stereocenters. The van der Waals surface area contributed by atoms with Gasteiger partial charge in [0.1, 0.15) is 0 Å². The second-order valence-electron chi connectivity index (χ2n) is 4.84. The Morgan fingerprint density at radius 2 is 1.72 bits per heavy atom. The van der Waals surface area contributed by atoms with Gasteiger partial charge in [0.05, 0.1) is 13.2 Å². The van der Waals surface area contributed by atoms with E-state index in [1.165, 1.54) is 11.1 Å². The van der Waals surface area contributed by atoms with Crippen molar-refractivity contribution in [2.45, 2.75) is 33.1 Å². The van der Waals surface area contributed by atoms with Crippen molar-refractivity contribution >= 4 is 0 Å². The molecule has 1 aliphatic rings. The number of nitrogens with zero attached hydrogens (tertiary/aromatic N) is 1. The number of aliphatic hydroxyl groups is 2. The molecule has 0 saturated heterocycles. The normalized spacial score (nSPS) is 13.3. The molecule has 0 atom stereocenters. The molecule has 0 amide bonds. The molecule has 3 rings (SSSR count). The van der Waals surface area contributed by atoms with Gasteiger partial charge in [0.15, 0.2) is 0 Å². The van der Waals surface area contributed by atoms with Crippen molar-refractivity contribution in [2.24, 2.45) is 0 Å². The van der Waals surface area contributed by atoms with Gasteiger partial charge in [0.25, 0.3) is 0 Å². The number of aliphatic hydroxyl groups excluding tert-OH is 2. The van der Waals surface area contributed by atoms with Crippen LogP contribution in [-0.2, 0) is 26.2 Å². The highest BCUT2D eigenvalue weighted by Gasteiger charge is 2.23. The topological polar surface area (TPSA) is 45.4 Å². The van der Waals surface area contributed by atoms with Crippen molar-refractivity contribution in [2.75, 3.05) is 0 Å². The summed E-state index contributed by atoms with van der Waals surface area (Å²) in [5, 5.41) is 19.0. The average molecular weight is 243 g/mol. The highest BCUT2D eigenvalue weighted by Crippen LogP contribution is 2.31. The molecule has 0 spiro atoms. The molecule has 0 radical (unpaired) electrons. The molecular formula is C15H17NO2. The molecule has 94 valence electrons. The van der Waals surface area contributed by atoms with Gasteiger partial charge in [-0.2, -0.15) is 0 Å². The Kier molecular flexibility index (Phi) is 2.73. The number of hydrogen-bond donors (Lipinski definition) is 2. The number of fused-ring (bicyclic) bond motifs is 2. The van der Waals surface area contributed by atoms with Crippen molar-refractivity contribution in [3.63, 3.8) is 0 Å². The van der Waals surface area contributed by atoms with E-state index < -0.39 is 0 Å². The van der Waals surface area contributed by atoms with Crippen LogP contribution in [0.3, 0.4) is 0 Å². The summed E-state index contributed by atoms with van der Waals surface area (Å²) < 4.78 is 2.22. The molecule has 0 saturated carbocycles. The molecule has 18 heavy (non-hydrogen) atoms. The number of rotatable bonds is 2. The predicted molar refractivity (Wildman–Crippen MR) is 69.4 cm³/mol. The highest BCUT2D eigenvalue weighted by molar-refractivity contribution is 5.45. The maximum Gasteiger partial charge on any atom is 0.0703 e. The second-order valence-corrected chi connectivity index (χ2v) is 4.84. The summed E-state index contributed by atoms with van der Waals surface area (Å²) in [6, 6.07) is 8.40. The summed E-state index contributed by atoms with van der Waals surface area (Å²) in [5.41, 5.74) is 6.67. The largest absolute Gasteiger partial charge is 0.392 e. The van der Waals surface area contributed by atoms with Crippen LogP contribution >= 0.6 is 0 Å². The quantitative estimate of drug-likeness (QED) is 0.720. The van der Waals surface area contributed by atoms with Crippen LogP contribution in [0.25, 0.3) is 0 Å². The van der Waals surface area contributed by atoms with Gasteiger partial charge in [0.2, 0.25) is 0 Å². The molecule has 3 heteroatoms. The third-order valence-corrected chi connectivity index (χ3v) is 4.00. The molecule has 2 aromatic rings. The molecule has 0 aliphatic carbocycles. The third kappa shape index (κ3) is 1.51. The summed E-state index contributed by atoms with van der Waals surface area (Å²) in [6.07, 6.45) is 0.840. The predicted octanol–water partition coefficient (Wildman–Crippen LogP) is 1.73. The standard InChI is InChI=1S/C15H17NO2/c1-10-13(8-17)14(9-18)15-6-11-4-2-3-5-12(11)7-16(10)15/h2-5,17-18H,6-9H2,1H3. The van der Waals surface area contributed by atoms with E-state index in [1.807, 2.05) is 6.92 Å². The lowest BCUT2D eigenvalue weighted by molar-refractivity contribution is 0.260. The fourth-order valence-corrected chi connectivity index (χ4v) is 2.97. The van der Waals surface area contributed by atoms with Crippen LogP contribution in [0.2, 0.25) is 0 Å². The fraction of sp³-hybridized carbons (Fsp3) is 0.333. The average Bonchev–Trinajstić information content (AvgIpc) is 2.68. The Hall–Kier alpha value is -1.58. The van der Waals surface area contributed by atoms with Gasteiger partial charge in [-0.1, -0.05) is 24.3 Å². The summed E-state index contributed by atoms with van der Waals surface area (Å²) in [5.74, 6) is 0. The SMILES string of the molecule is Cc1c(CO)c(CO)c2n1Cc1ccccc1C2. The first-order valence-corrected chi connectivity index (χ1v) is 6.24. The van der Waals surface area contributed by atoms with Crippen molar-refractivity contribution < 1.29 is 10.2 Å². The molecule has 2 N–H and O–H groups in total. The Morgan fingerprint density at radius 3 is 2.39 bits per heavy atom. The molecular weight excluding hydrogens is 226 g/mol. The number of hydrogen-bond acceptors (Lipinski definition) is 2. The molecule has 2 heterocycles. The van der Waals surface area contributed by atoms with Gasteiger partial charge < -0.3 is 14.8 Å². The Bertz CT molecular complexity index is 599. The highest BCUT2D eigenvalue weighted by atomic mass is 16.3. The third-order valence-electron chi connectivity index (χ3n) is 4.00. The van der Waals surface area contributed by atoms with Gasteiger partial charge in [-0.25, -0.2) is 0 Å². The smallest absolute Gasteiger partial charge is 0.0703 e. The first-order chi connectivity index (χ1) is 8.76. The first-order valence-electron chi connectivity index (χ1n) is 6.24. The number of benzene rings is 1. The minimum atomic E-state index is -0.00191. The van der Waals surface area contributed by atoms with Crippen LogP contribution < -0.4 is 0 Å². The lowest BCUT2D eigenvalue weighted by atomic mass is 9.97. The Balaban J connectivity index is 2.17. The van der Waals surface area contributed by atoms with Crippen molar-refractivity contribution in [3.05, 3.63) is 57.9 Å². The van der Waals surface area contributed by atoms with Crippen molar-refractivity contribution in [1.29, 1.82) is 0 Å². The molecule has 3 nitrogen and oxygen atoms in total. The van der Waals surface area contributed by atoms with Crippen molar-refractivity contribution in [3.8, 4) is 0 Å². The van der Waals surface area contributed by atoms with Crippen LogP contribution in [0.15, 0.2) is 24.3 Å². The van der Waals surface area contributed by atoms with E-state index >= 15 is 0 Å². The monoisotopic (exact) mass is 243 g/mol. The molecule has 0 bridgehead atoms. The zero-order chi connectivity index (χ0) is 12.7. The van der Waals surface area contributed by atoms with E-state index in [-0.39, 0.29) is 13.2 Å². The molecule has 1 aliphatic heterocycles. The zero-order valence-electron chi connectivity index (χ0n) is 10.5. The van der Waals surface area contributed by atoms with Gasteiger partial charge in [-0.3, -0.25) is 0 Å². The minimum Gasteiger partial charge on any atom is -0.392 e. The van der Waals surface area contributed by atoms with Crippen LogP contribution in [0.4, 0.5) is 0 Å². The van der Waals surface area contributed by atoms with E-state index in [2.05, 4.69) is 28.8 Å². The molecule has 1 aromatic heterocycles. The fourth-order valence-electron chi connectivity index (χ4n) is 2.97. The van der Waals surface area contributed by atoms with Crippen LogP contribution in [0.1, 0.15) is 33.6 Å². The summed E-state index contributed by atoms with van der Waals surface area (Å²) in [4.78, 5) is 0. The number of aromatic nitrogens is 1. The van der Waals surface area contributed by atoms with Crippen LogP contribution in [0, 0.1) is 6.92 Å². The van der Waals surface area contributed by atoms with Gasteiger partial charge in [-0.15, -0.1) is 0 Å². The summed E-state index contributed by atoms with van der Waals surface area (Å²) >= 11 is 0. The lowest BCUT2D eigenvalue weighted by Gasteiger charge is -2.21. The van der Waals surface area contributed by atoms with Gasteiger partial charge >= 0.3 is 0 Å². The lowest BCUT2D eigenvalue weighted by Crippen LogP contribution is -2.15. The summed E-state index contributed by atoms with van der Waals surface area (Å²) in [6.45, 7) is 2.85. The van der Waals surface area contributed by atoms with E-state index in [9.17, 15) is 10.2 Å². The maximum atomic E-state index is 9.54. The molecule has 0 fully saturated rings.